The van der Waals surface area contributed by atoms with E-state index in [1.807, 2.05) is 6.92 Å². The van der Waals surface area contributed by atoms with Crippen molar-refractivity contribution < 1.29 is 4.74 Å². The van der Waals surface area contributed by atoms with Gasteiger partial charge in [0.2, 0.25) is 0 Å². The molecule has 1 N–H and O–H groups in total. The van der Waals surface area contributed by atoms with Crippen LogP contribution < -0.4 is 5.32 Å². The second-order valence-corrected chi connectivity index (χ2v) is 4.09. The largest absolute Gasteiger partial charge is 0.378 e. The van der Waals surface area contributed by atoms with Crippen LogP contribution in [-0.4, -0.2) is 25.3 Å². The smallest absolute Gasteiger partial charge is 0.0843 e. The summed E-state index contributed by atoms with van der Waals surface area (Å²) < 4.78 is 5.58. The Bertz CT molecular complexity index is 207. The molecular formula is C10H18N2O. The zero-order chi connectivity index (χ0) is 9.90. The lowest BCUT2D eigenvalue weighted by Gasteiger charge is -2.51. The number of ether oxygens (including phenoxy) is 1. The molecule has 0 aromatic heterocycles. The van der Waals surface area contributed by atoms with Gasteiger partial charge in [-0.3, -0.25) is 0 Å². The van der Waals surface area contributed by atoms with E-state index in [0.29, 0.717) is 18.7 Å². The summed E-state index contributed by atoms with van der Waals surface area (Å²) in [6, 6.07) is 2.53. The van der Waals surface area contributed by atoms with Crippen LogP contribution in [0.4, 0.5) is 0 Å². The minimum atomic E-state index is 0.173. The first-order valence-electron chi connectivity index (χ1n) is 4.84. The zero-order valence-electron chi connectivity index (χ0n) is 8.63. The highest BCUT2D eigenvalue weighted by atomic mass is 16.5. The maximum absolute atomic E-state index is 8.43. The highest BCUT2D eigenvalue weighted by molar-refractivity contribution is 5.03. The lowest BCUT2D eigenvalue weighted by molar-refractivity contribution is -0.113. The van der Waals surface area contributed by atoms with Crippen LogP contribution in [0.1, 0.15) is 27.2 Å². The molecule has 0 bridgehead atoms. The molecule has 0 aromatic rings. The van der Waals surface area contributed by atoms with Crippen molar-refractivity contribution in [1.82, 2.24) is 5.32 Å². The van der Waals surface area contributed by atoms with Gasteiger partial charge < -0.3 is 10.1 Å². The third-order valence-electron chi connectivity index (χ3n) is 2.97. The first-order valence-corrected chi connectivity index (χ1v) is 4.84. The average molecular weight is 182 g/mol. The van der Waals surface area contributed by atoms with E-state index in [1.54, 1.807) is 0 Å². The van der Waals surface area contributed by atoms with Crippen molar-refractivity contribution in [3.63, 3.8) is 0 Å². The molecule has 1 rings (SSSR count). The monoisotopic (exact) mass is 182 g/mol. The summed E-state index contributed by atoms with van der Waals surface area (Å²) in [5.41, 5.74) is 0.173. The van der Waals surface area contributed by atoms with Gasteiger partial charge in [0.15, 0.2) is 0 Å². The molecule has 0 amide bonds. The summed E-state index contributed by atoms with van der Waals surface area (Å²) in [7, 11) is 0. The number of nitrogens with one attached hydrogen (secondary N) is 1. The number of nitrogens with zero attached hydrogens (tertiary/aromatic N) is 1. The summed E-state index contributed by atoms with van der Waals surface area (Å²) in [6.45, 7) is 7.61. The Morgan fingerprint density at radius 3 is 2.77 bits per heavy atom. The third-order valence-corrected chi connectivity index (χ3v) is 2.97. The van der Waals surface area contributed by atoms with Crippen molar-refractivity contribution in [3.8, 4) is 6.07 Å². The standard InChI is InChI=1S/C10H18N2O/c1-4-13-9-7-8(10(9,2)3)12-6-5-11/h8-9,12H,4,6-7H2,1-3H3. The molecule has 13 heavy (non-hydrogen) atoms. The first-order chi connectivity index (χ1) is 6.12. The van der Waals surface area contributed by atoms with Crippen LogP contribution >= 0.6 is 0 Å². The number of hydrogen-bond acceptors (Lipinski definition) is 3. The van der Waals surface area contributed by atoms with E-state index >= 15 is 0 Å². The molecule has 2 unspecified atom stereocenters. The summed E-state index contributed by atoms with van der Waals surface area (Å²) in [6.07, 6.45) is 1.39. The molecule has 0 spiro atoms. The number of nitriles is 1. The second kappa shape index (κ2) is 4.08. The van der Waals surface area contributed by atoms with Crippen molar-refractivity contribution in [2.75, 3.05) is 13.2 Å². The topological polar surface area (TPSA) is 45.0 Å². The zero-order valence-corrected chi connectivity index (χ0v) is 8.63. The van der Waals surface area contributed by atoms with E-state index in [9.17, 15) is 0 Å². The van der Waals surface area contributed by atoms with E-state index in [2.05, 4.69) is 25.2 Å². The van der Waals surface area contributed by atoms with E-state index in [0.717, 1.165) is 13.0 Å². The molecule has 0 radical (unpaired) electrons. The molecule has 0 heterocycles. The van der Waals surface area contributed by atoms with E-state index in [1.165, 1.54) is 0 Å². The van der Waals surface area contributed by atoms with Gasteiger partial charge >= 0.3 is 0 Å². The molecule has 1 saturated carbocycles. The van der Waals surface area contributed by atoms with E-state index in [-0.39, 0.29) is 5.41 Å². The maximum Gasteiger partial charge on any atom is 0.0843 e. The van der Waals surface area contributed by atoms with Crippen LogP contribution in [-0.2, 0) is 4.74 Å². The molecule has 3 heteroatoms. The van der Waals surface area contributed by atoms with Gasteiger partial charge in [0.1, 0.15) is 0 Å². The lowest BCUT2D eigenvalue weighted by atomic mass is 9.64. The molecule has 74 valence electrons. The molecule has 2 atom stereocenters. The van der Waals surface area contributed by atoms with Gasteiger partial charge in [0.05, 0.1) is 18.7 Å². The molecule has 1 fully saturated rings. The van der Waals surface area contributed by atoms with Crippen LogP contribution in [0.15, 0.2) is 0 Å². The van der Waals surface area contributed by atoms with Gasteiger partial charge in [-0.05, 0) is 13.3 Å². The Balaban J connectivity index is 2.36. The summed E-state index contributed by atoms with van der Waals surface area (Å²) in [5.74, 6) is 0. The summed E-state index contributed by atoms with van der Waals surface area (Å²) in [5, 5.41) is 11.6. The Kier molecular flexibility index (Phi) is 3.29. The summed E-state index contributed by atoms with van der Waals surface area (Å²) >= 11 is 0. The van der Waals surface area contributed by atoms with E-state index < -0.39 is 0 Å². The fraction of sp³-hybridized carbons (Fsp3) is 0.900. The third kappa shape index (κ3) is 2.01. The predicted octanol–water partition coefficient (Wildman–Crippen LogP) is 1.30. The van der Waals surface area contributed by atoms with Gasteiger partial charge in [-0.1, -0.05) is 13.8 Å². The normalized spacial score (nSPS) is 30.6. The van der Waals surface area contributed by atoms with E-state index in [4.69, 9.17) is 10.00 Å². The molecule has 0 saturated heterocycles. The molecule has 3 nitrogen and oxygen atoms in total. The minimum Gasteiger partial charge on any atom is -0.378 e. The van der Waals surface area contributed by atoms with Crippen LogP contribution in [0.25, 0.3) is 0 Å². The molecule has 1 aliphatic carbocycles. The van der Waals surface area contributed by atoms with Gasteiger partial charge in [0, 0.05) is 18.1 Å². The Morgan fingerprint density at radius 2 is 2.31 bits per heavy atom. The van der Waals surface area contributed by atoms with Gasteiger partial charge in [0.25, 0.3) is 0 Å². The van der Waals surface area contributed by atoms with Crippen molar-refractivity contribution in [1.29, 1.82) is 5.26 Å². The minimum absolute atomic E-state index is 0.173. The van der Waals surface area contributed by atoms with Crippen molar-refractivity contribution >= 4 is 0 Å². The fourth-order valence-electron chi connectivity index (χ4n) is 1.88. The van der Waals surface area contributed by atoms with Crippen LogP contribution in [0.2, 0.25) is 0 Å². The highest BCUT2D eigenvalue weighted by Gasteiger charge is 2.48. The molecule has 0 aliphatic heterocycles. The van der Waals surface area contributed by atoms with Crippen LogP contribution in [0.5, 0.6) is 0 Å². The quantitative estimate of drug-likeness (QED) is 0.667. The highest BCUT2D eigenvalue weighted by Crippen LogP contribution is 2.42. The van der Waals surface area contributed by atoms with Crippen LogP contribution in [0, 0.1) is 16.7 Å². The second-order valence-electron chi connectivity index (χ2n) is 4.09. The van der Waals surface area contributed by atoms with Crippen LogP contribution in [0.3, 0.4) is 0 Å². The fourth-order valence-corrected chi connectivity index (χ4v) is 1.88. The SMILES string of the molecule is CCOC1CC(NCC#N)C1(C)C. The van der Waals surface area contributed by atoms with Gasteiger partial charge in [-0.2, -0.15) is 5.26 Å². The number of rotatable bonds is 4. The lowest BCUT2D eigenvalue weighted by Crippen LogP contribution is -2.60. The Morgan fingerprint density at radius 1 is 1.62 bits per heavy atom. The molecule has 0 aromatic carbocycles. The molecule has 1 aliphatic rings. The van der Waals surface area contributed by atoms with Gasteiger partial charge in [-0.15, -0.1) is 0 Å². The average Bonchev–Trinajstić information content (AvgIpc) is 2.10. The Labute approximate surface area is 80.1 Å². The van der Waals surface area contributed by atoms with Gasteiger partial charge in [-0.25, -0.2) is 0 Å². The number of hydrogen-bond donors (Lipinski definition) is 1. The first kappa shape index (κ1) is 10.5. The summed E-state index contributed by atoms with van der Waals surface area (Å²) in [4.78, 5) is 0. The van der Waals surface area contributed by atoms with Crippen molar-refractivity contribution in [3.05, 3.63) is 0 Å². The maximum atomic E-state index is 8.43. The van der Waals surface area contributed by atoms with Crippen molar-refractivity contribution in [2.24, 2.45) is 5.41 Å². The molecular weight excluding hydrogens is 164 g/mol. The Hall–Kier alpha value is -0.590. The van der Waals surface area contributed by atoms with Crippen molar-refractivity contribution in [2.45, 2.75) is 39.3 Å². The predicted molar refractivity (Wildman–Crippen MR) is 51.2 cm³/mol.